The first-order chi connectivity index (χ1) is 11.8. The standard InChI is InChI=1S/C12H13ClN2O.C5H8O5/c1-12(2,16)11-9(14)6-7-5-8(13)3-4-10(7)15-11;1-2(6)3(7)4(8)5(9)10/h3-6,16H,14H2,1-2H3;3-4,7-8H,1H3,(H,9,10). The topological polar surface area (TPSA) is 154 Å². The van der Waals surface area contributed by atoms with Crippen LogP contribution in [0.5, 0.6) is 0 Å². The van der Waals surface area contributed by atoms with Gasteiger partial charge in [-0.25, -0.2) is 9.78 Å². The number of halogens is 1. The van der Waals surface area contributed by atoms with E-state index in [1.165, 1.54) is 0 Å². The van der Waals surface area contributed by atoms with E-state index in [1.54, 1.807) is 32.0 Å². The summed E-state index contributed by atoms with van der Waals surface area (Å²) >= 11 is 5.88. The molecule has 0 radical (unpaired) electrons. The first kappa shape index (κ1) is 21.8. The van der Waals surface area contributed by atoms with Crippen molar-refractivity contribution >= 4 is 39.9 Å². The number of aromatic nitrogens is 1. The number of pyridine rings is 1. The number of aliphatic hydroxyl groups is 3. The van der Waals surface area contributed by atoms with E-state index in [1.807, 2.05) is 6.07 Å². The third kappa shape index (κ3) is 5.63. The van der Waals surface area contributed by atoms with Gasteiger partial charge in [-0.15, -0.1) is 0 Å². The van der Waals surface area contributed by atoms with Gasteiger partial charge in [0.15, 0.2) is 11.9 Å². The normalized spacial score (nSPS) is 13.5. The molecule has 142 valence electrons. The number of aliphatic hydroxyl groups excluding tert-OH is 2. The van der Waals surface area contributed by atoms with E-state index in [-0.39, 0.29) is 0 Å². The van der Waals surface area contributed by atoms with E-state index in [9.17, 15) is 14.7 Å². The van der Waals surface area contributed by atoms with Crippen LogP contribution in [0.2, 0.25) is 5.02 Å². The zero-order chi connectivity index (χ0) is 20.2. The van der Waals surface area contributed by atoms with Crippen LogP contribution in [0.15, 0.2) is 24.3 Å². The molecule has 8 nitrogen and oxygen atoms in total. The third-order valence-corrected chi connectivity index (χ3v) is 3.59. The van der Waals surface area contributed by atoms with Crippen LogP contribution in [0.3, 0.4) is 0 Å². The molecular weight excluding hydrogens is 364 g/mol. The Labute approximate surface area is 154 Å². The van der Waals surface area contributed by atoms with E-state index < -0.39 is 29.6 Å². The molecule has 0 fully saturated rings. The number of carboxylic acids is 1. The van der Waals surface area contributed by atoms with Crippen molar-refractivity contribution in [1.29, 1.82) is 0 Å². The van der Waals surface area contributed by atoms with Crippen molar-refractivity contribution in [2.24, 2.45) is 0 Å². The number of fused-ring (bicyclic) bond motifs is 1. The number of nitrogen functional groups attached to an aromatic ring is 1. The van der Waals surface area contributed by atoms with E-state index in [2.05, 4.69) is 4.98 Å². The Balaban J connectivity index is 0.000000294. The molecule has 0 aliphatic heterocycles. The molecule has 1 aromatic carbocycles. The van der Waals surface area contributed by atoms with Crippen LogP contribution in [0.4, 0.5) is 5.69 Å². The molecule has 26 heavy (non-hydrogen) atoms. The first-order valence-corrected chi connectivity index (χ1v) is 7.90. The van der Waals surface area contributed by atoms with Gasteiger partial charge in [-0.1, -0.05) is 11.6 Å². The van der Waals surface area contributed by atoms with E-state index >= 15 is 0 Å². The lowest BCUT2D eigenvalue weighted by atomic mass is 10.0. The summed E-state index contributed by atoms with van der Waals surface area (Å²) in [4.78, 5) is 24.5. The number of carbonyl (C=O) groups excluding carboxylic acids is 1. The van der Waals surface area contributed by atoms with Gasteiger partial charge in [-0.2, -0.15) is 0 Å². The number of ketones is 1. The molecule has 2 unspecified atom stereocenters. The molecule has 1 aromatic heterocycles. The Hall–Kier alpha value is -2.26. The van der Waals surface area contributed by atoms with E-state index in [0.29, 0.717) is 16.4 Å². The molecule has 2 atom stereocenters. The molecule has 9 heteroatoms. The Bertz CT molecular complexity index is 801. The minimum absolute atomic E-state index is 0.474. The number of aliphatic carboxylic acids is 1. The number of carboxylic acid groups (broad SMARTS) is 1. The molecule has 2 aromatic rings. The highest BCUT2D eigenvalue weighted by atomic mass is 35.5. The number of anilines is 1. The van der Waals surface area contributed by atoms with Crippen LogP contribution in [0.1, 0.15) is 26.5 Å². The van der Waals surface area contributed by atoms with Gasteiger partial charge in [-0.3, -0.25) is 4.79 Å². The highest BCUT2D eigenvalue weighted by molar-refractivity contribution is 6.31. The summed E-state index contributed by atoms with van der Waals surface area (Å²) in [7, 11) is 0. The van der Waals surface area contributed by atoms with Gasteiger partial charge in [0.25, 0.3) is 0 Å². The van der Waals surface area contributed by atoms with Crippen molar-refractivity contribution in [2.45, 2.75) is 38.6 Å². The summed E-state index contributed by atoms with van der Waals surface area (Å²) in [6.07, 6.45) is -3.84. The number of nitrogens with two attached hydrogens (primary N) is 1. The van der Waals surface area contributed by atoms with Crippen molar-refractivity contribution in [3.05, 3.63) is 35.0 Å². The second-order valence-corrected chi connectivity index (χ2v) is 6.60. The zero-order valence-corrected chi connectivity index (χ0v) is 15.2. The number of rotatable bonds is 4. The SMILES string of the molecule is CC(=O)C(O)C(O)C(=O)O.CC(C)(O)c1nc2ccc(Cl)cc2cc1N. The maximum absolute atomic E-state index is 10.2. The lowest BCUT2D eigenvalue weighted by Crippen LogP contribution is -2.38. The molecule has 0 saturated carbocycles. The average molecular weight is 385 g/mol. The van der Waals surface area contributed by atoms with Crippen molar-refractivity contribution in [2.75, 3.05) is 5.73 Å². The molecule has 1 heterocycles. The average Bonchev–Trinajstić information content (AvgIpc) is 2.51. The largest absolute Gasteiger partial charge is 0.479 e. The quantitative estimate of drug-likeness (QED) is 0.524. The van der Waals surface area contributed by atoms with Crippen molar-refractivity contribution in [3.63, 3.8) is 0 Å². The molecule has 0 spiro atoms. The molecule has 0 bridgehead atoms. The number of hydrogen-bond acceptors (Lipinski definition) is 7. The van der Waals surface area contributed by atoms with Crippen LogP contribution < -0.4 is 5.73 Å². The molecule has 0 amide bonds. The van der Waals surface area contributed by atoms with E-state index in [4.69, 9.17) is 32.7 Å². The minimum atomic E-state index is -2.02. The van der Waals surface area contributed by atoms with Gasteiger partial charge in [0.2, 0.25) is 0 Å². The summed E-state index contributed by atoms with van der Waals surface area (Å²) in [5.41, 5.74) is 6.55. The number of carbonyl (C=O) groups is 2. The fraction of sp³-hybridized carbons (Fsp3) is 0.353. The van der Waals surface area contributed by atoms with E-state index in [0.717, 1.165) is 17.8 Å². The van der Waals surface area contributed by atoms with Gasteiger partial charge in [0, 0.05) is 10.4 Å². The van der Waals surface area contributed by atoms with Crippen LogP contribution in [0.25, 0.3) is 10.9 Å². The lowest BCUT2D eigenvalue weighted by molar-refractivity contribution is -0.156. The lowest BCUT2D eigenvalue weighted by Gasteiger charge is -2.19. The molecule has 2 rings (SSSR count). The van der Waals surface area contributed by atoms with Crippen molar-refractivity contribution in [3.8, 4) is 0 Å². The van der Waals surface area contributed by atoms with Crippen LogP contribution in [-0.2, 0) is 15.2 Å². The van der Waals surface area contributed by atoms with Crippen molar-refractivity contribution in [1.82, 2.24) is 4.98 Å². The Morgan fingerprint density at radius 3 is 2.19 bits per heavy atom. The maximum atomic E-state index is 10.2. The molecule has 0 aliphatic carbocycles. The second-order valence-electron chi connectivity index (χ2n) is 6.16. The third-order valence-electron chi connectivity index (χ3n) is 3.35. The molecule has 0 saturated heterocycles. The van der Waals surface area contributed by atoms with Crippen LogP contribution >= 0.6 is 11.6 Å². The predicted octanol–water partition coefficient (Wildman–Crippen LogP) is 1.08. The number of nitrogens with zero attached hydrogens (tertiary/aromatic N) is 1. The van der Waals surface area contributed by atoms with Crippen LogP contribution in [0, 0.1) is 0 Å². The Kier molecular flexibility index (Phi) is 7.05. The monoisotopic (exact) mass is 384 g/mol. The van der Waals surface area contributed by atoms with Gasteiger partial charge in [0.05, 0.1) is 16.9 Å². The Morgan fingerprint density at radius 2 is 1.77 bits per heavy atom. The summed E-state index contributed by atoms with van der Waals surface area (Å²) < 4.78 is 0. The summed E-state index contributed by atoms with van der Waals surface area (Å²) in [5, 5.41) is 36.6. The van der Waals surface area contributed by atoms with Crippen molar-refractivity contribution < 1.29 is 30.0 Å². The molecule has 0 aliphatic rings. The van der Waals surface area contributed by atoms with Gasteiger partial charge >= 0.3 is 5.97 Å². The first-order valence-electron chi connectivity index (χ1n) is 7.52. The predicted molar refractivity (Wildman–Crippen MR) is 96.7 cm³/mol. The molecule has 6 N–H and O–H groups in total. The fourth-order valence-corrected chi connectivity index (χ4v) is 2.19. The van der Waals surface area contributed by atoms with Gasteiger partial charge in [0.1, 0.15) is 11.7 Å². The number of hydrogen-bond donors (Lipinski definition) is 5. The highest BCUT2D eigenvalue weighted by Gasteiger charge is 2.26. The number of benzene rings is 1. The minimum Gasteiger partial charge on any atom is -0.479 e. The smallest absolute Gasteiger partial charge is 0.335 e. The van der Waals surface area contributed by atoms with Gasteiger partial charge < -0.3 is 26.2 Å². The zero-order valence-electron chi connectivity index (χ0n) is 14.5. The second kappa shape index (κ2) is 8.41. The number of Topliss-reactive ketones (excluding diaryl/α,β-unsaturated/α-hetero) is 1. The Morgan fingerprint density at radius 1 is 1.19 bits per heavy atom. The summed E-state index contributed by atoms with van der Waals surface area (Å²) in [6, 6.07) is 7.16. The molecular formula is C17H21ClN2O6. The van der Waals surface area contributed by atoms with Crippen LogP contribution in [-0.4, -0.2) is 49.4 Å². The highest BCUT2D eigenvalue weighted by Crippen LogP contribution is 2.28. The summed E-state index contributed by atoms with van der Waals surface area (Å²) in [5.74, 6) is -2.38. The van der Waals surface area contributed by atoms with Gasteiger partial charge in [-0.05, 0) is 45.0 Å². The summed E-state index contributed by atoms with van der Waals surface area (Å²) in [6.45, 7) is 4.32. The fourth-order valence-electron chi connectivity index (χ4n) is 2.01. The maximum Gasteiger partial charge on any atom is 0.335 e.